The predicted octanol–water partition coefficient (Wildman–Crippen LogP) is 2.68. The Morgan fingerprint density at radius 2 is 1.50 bits per heavy atom. The van der Waals surface area contributed by atoms with Crippen LogP contribution in [0.2, 0.25) is 0 Å². The molecule has 12 nitrogen and oxygen atoms in total. The molecule has 12 heteroatoms. The number of nitro groups is 2. The number of hydrogen-bond acceptors (Lipinski definition) is 8. The Morgan fingerprint density at radius 1 is 0.941 bits per heavy atom. The molecule has 0 aliphatic rings. The Kier molecular flexibility index (Phi) is 8.76. The first-order valence-corrected chi connectivity index (χ1v) is 10.2. The molecule has 0 saturated carbocycles. The lowest BCUT2D eigenvalue weighted by molar-refractivity contribution is -0.394. The minimum atomic E-state index is -1.30. The Morgan fingerprint density at radius 3 is 1.97 bits per heavy atom. The number of carbonyl (C=O) groups is 3. The predicted molar refractivity (Wildman–Crippen MR) is 120 cm³/mol. The third kappa shape index (κ3) is 6.82. The maximum Gasteiger partial charge on any atom is 0.328 e. The summed E-state index contributed by atoms with van der Waals surface area (Å²) in [4.78, 5) is 58.7. The van der Waals surface area contributed by atoms with Gasteiger partial charge in [-0.25, -0.2) is 4.79 Å². The number of amides is 2. The molecule has 0 fully saturated rings. The van der Waals surface area contributed by atoms with E-state index in [0.29, 0.717) is 5.56 Å². The van der Waals surface area contributed by atoms with Crippen LogP contribution in [0.1, 0.15) is 42.2 Å². The molecule has 0 heterocycles. The average molecular weight is 472 g/mol. The second kappa shape index (κ2) is 11.5. The first-order valence-electron chi connectivity index (χ1n) is 10.2. The fourth-order valence-electron chi connectivity index (χ4n) is 3.18. The van der Waals surface area contributed by atoms with Crippen LogP contribution in [0.4, 0.5) is 11.4 Å². The summed E-state index contributed by atoms with van der Waals surface area (Å²) < 4.78 is 4.75. The van der Waals surface area contributed by atoms with Gasteiger partial charge in [0, 0.05) is 12.1 Å². The molecular weight excluding hydrogens is 448 g/mol. The zero-order chi connectivity index (χ0) is 25.4. The Hall–Kier alpha value is -4.35. The summed E-state index contributed by atoms with van der Waals surface area (Å²) in [5, 5.41) is 27.3. The smallest absolute Gasteiger partial charge is 0.328 e. The molecule has 0 aliphatic heterocycles. The zero-order valence-electron chi connectivity index (χ0n) is 18.7. The van der Waals surface area contributed by atoms with E-state index < -0.39 is 51.1 Å². The number of carbonyl (C=O) groups excluding carboxylic acids is 3. The van der Waals surface area contributed by atoms with Crippen LogP contribution in [0.3, 0.4) is 0 Å². The number of hydrogen-bond donors (Lipinski definition) is 2. The zero-order valence-corrected chi connectivity index (χ0v) is 18.7. The number of nitrogens with zero attached hydrogens (tertiary/aromatic N) is 2. The van der Waals surface area contributed by atoms with Crippen LogP contribution in [0.25, 0.3) is 0 Å². The third-order valence-corrected chi connectivity index (χ3v) is 4.77. The van der Waals surface area contributed by atoms with Crippen LogP contribution in [-0.2, 0) is 14.3 Å². The van der Waals surface area contributed by atoms with Crippen molar-refractivity contribution in [2.24, 2.45) is 5.92 Å². The molecule has 2 rings (SSSR count). The molecule has 2 N–H and O–H groups in total. The number of ether oxygens (including phenoxy) is 1. The van der Waals surface area contributed by atoms with Crippen LogP contribution in [0.15, 0.2) is 48.5 Å². The molecule has 0 aliphatic carbocycles. The lowest BCUT2D eigenvalue weighted by Crippen LogP contribution is -2.48. The number of esters is 1. The molecule has 0 aromatic heterocycles. The van der Waals surface area contributed by atoms with Gasteiger partial charge in [0.1, 0.15) is 12.1 Å². The first-order chi connectivity index (χ1) is 16.0. The molecule has 0 spiro atoms. The fourth-order valence-corrected chi connectivity index (χ4v) is 3.18. The average Bonchev–Trinajstić information content (AvgIpc) is 2.81. The minimum Gasteiger partial charge on any atom is -0.467 e. The van der Waals surface area contributed by atoms with Crippen molar-refractivity contribution in [3.63, 3.8) is 0 Å². The molecule has 2 atom stereocenters. The summed E-state index contributed by atoms with van der Waals surface area (Å²) in [7, 11) is 1.19. The third-order valence-electron chi connectivity index (χ3n) is 4.77. The van der Waals surface area contributed by atoms with E-state index in [0.717, 1.165) is 18.2 Å². The van der Waals surface area contributed by atoms with Gasteiger partial charge in [0.15, 0.2) is 0 Å². The summed E-state index contributed by atoms with van der Waals surface area (Å²) in [6.07, 6.45) is 0.283. The van der Waals surface area contributed by atoms with Crippen LogP contribution in [0.5, 0.6) is 0 Å². The number of nitro benzene ring substituents is 2. The van der Waals surface area contributed by atoms with Crippen molar-refractivity contribution in [1.29, 1.82) is 0 Å². The molecule has 2 amide bonds. The highest BCUT2D eigenvalue weighted by molar-refractivity contribution is 5.99. The first kappa shape index (κ1) is 25.9. The van der Waals surface area contributed by atoms with Gasteiger partial charge < -0.3 is 15.4 Å². The highest BCUT2D eigenvalue weighted by Gasteiger charge is 2.30. The maximum atomic E-state index is 13.1. The van der Waals surface area contributed by atoms with Crippen LogP contribution in [-0.4, -0.2) is 40.8 Å². The van der Waals surface area contributed by atoms with Crippen LogP contribution < -0.4 is 10.6 Å². The second-order valence-corrected chi connectivity index (χ2v) is 7.78. The summed E-state index contributed by atoms with van der Waals surface area (Å²) >= 11 is 0. The van der Waals surface area contributed by atoms with E-state index >= 15 is 0 Å². The Bertz CT molecular complexity index is 1060. The molecule has 2 aromatic carbocycles. The number of benzene rings is 2. The van der Waals surface area contributed by atoms with Gasteiger partial charge in [-0.05, 0) is 17.9 Å². The molecular formula is C22H24N4O8. The van der Waals surface area contributed by atoms with Crippen LogP contribution >= 0.6 is 0 Å². The highest BCUT2D eigenvalue weighted by Crippen LogP contribution is 2.24. The Balaban J connectivity index is 2.40. The molecule has 2 aromatic rings. The molecule has 0 saturated heterocycles. The SMILES string of the molecule is COC(=O)[C@H](CC(C)C)NC(=O)[C@@H](NC(=O)c1cc([N+](=O)[O-])cc([N+](=O)[O-])c1)c1ccccc1. The fraction of sp³-hybridized carbons (Fsp3) is 0.318. The van der Waals surface area contributed by atoms with E-state index in [1.165, 1.54) is 7.11 Å². The van der Waals surface area contributed by atoms with Gasteiger partial charge in [-0.1, -0.05) is 44.2 Å². The van der Waals surface area contributed by atoms with E-state index in [-0.39, 0.29) is 17.9 Å². The molecule has 0 unspecified atom stereocenters. The monoisotopic (exact) mass is 472 g/mol. The topological polar surface area (TPSA) is 171 Å². The summed E-state index contributed by atoms with van der Waals surface area (Å²) in [6, 6.07) is 8.29. The number of rotatable bonds is 10. The van der Waals surface area contributed by atoms with E-state index in [1.807, 2.05) is 13.8 Å². The van der Waals surface area contributed by atoms with E-state index in [4.69, 9.17) is 4.74 Å². The lowest BCUT2D eigenvalue weighted by atomic mass is 10.0. The maximum absolute atomic E-state index is 13.1. The van der Waals surface area contributed by atoms with Gasteiger partial charge in [0.25, 0.3) is 17.3 Å². The second-order valence-electron chi connectivity index (χ2n) is 7.78. The van der Waals surface area contributed by atoms with Crippen LogP contribution in [0, 0.1) is 26.1 Å². The molecule has 180 valence electrons. The van der Waals surface area contributed by atoms with Crippen molar-refractivity contribution < 1.29 is 29.0 Å². The van der Waals surface area contributed by atoms with Crippen molar-refractivity contribution in [1.82, 2.24) is 10.6 Å². The van der Waals surface area contributed by atoms with Gasteiger partial charge in [-0.15, -0.1) is 0 Å². The van der Waals surface area contributed by atoms with E-state index in [1.54, 1.807) is 30.3 Å². The van der Waals surface area contributed by atoms with Gasteiger partial charge in [-0.3, -0.25) is 29.8 Å². The van der Waals surface area contributed by atoms with Crippen molar-refractivity contribution >= 4 is 29.2 Å². The van der Waals surface area contributed by atoms with Gasteiger partial charge in [0.05, 0.1) is 28.6 Å². The molecule has 0 bridgehead atoms. The van der Waals surface area contributed by atoms with E-state index in [2.05, 4.69) is 10.6 Å². The normalized spacial score (nSPS) is 12.4. The summed E-state index contributed by atoms with van der Waals surface area (Å²) in [6.45, 7) is 3.71. The Labute approximate surface area is 194 Å². The van der Waals surface area contributed by atoms with Gasteiger partial charge in [-0.2, -0.15) is 0 Å². The van der Waals surface area contributed by atoms with Gasteiger partial charge >= 0.3 is 5.97 Å². The van der Waals surface area contributed by atoms with Crippen molar-refractivity contribution in [3.8, 4) is 0 Å². The van der Waals surface area contributed by atoms with Crippen molar-refractivity contribution in [2.45, 2.75) is 32.4 Å². The summed E-state index contributed by atoms with van der Waals surface area (Å²) in [5.41, 5.74) is -1.31. The minimum absolute atomic E-state index is 0.0413. The van der Waals surface area contributed by atoms with Crippen molar-refractivity contribution in [2.75, 3.05) is 7.11 Å². The number of non-ortho nitro benzene ring substituents is 2. The van der Waals surface area contributed by atoms with E-state index in [9.17, 15) is 34.6 Å². The number of methoxy groups -OCH3 is 1. The molecule has 34 heavy (non-hydrogen) atoms. The quantitative estimate of drug-likeness (QED) is 0.302. The number of nitrogens with one attached hydrogen (secondary N) is 2. The molecule has 0 radical (unpaired) electrons. The largest absolute Gasteiger partial charge is 0.467 e. The highest BCUT2D eigenvalue weighted by atomic mass is 16.6. The lowest BCUT2D eigenvalue weighted by Gasteiger charge is -2.23. The summed E-state index contributed by atoms with van der Waals surface area (Å²) in [5.74, 6) is -2.29. The van der Waals surface area contributed by atoms with Crippen molar-refractivity contribution in [3.05, 3.63) is 79.9 Å². The standard InChI is InChI=1S/C22H24N4O8/c1-13(2)9-18(22(29)34-3)23-21(28)19(14-7-5-4-6-8-14)24-20(27)15-10-16(25(30)31)12-17(11-15)26(32)33/h4-8,10-13,18-19H,9H2,1-3H3,(H,23,28)(H,24,27)/t18-,19-/m0/s1. The van der Waals surface area contributed by atoms with Gasteiger partial charge in [0.2, 0.25) is 5.91 Å².